The first kappa shape index (κ1) is 9.83. The van der Waals surface area contributed by atoms with E-state index in [9.17, 15) is 13.2 Å². The van der Waals surface area contributed by atoms with Crippen molar-refractivity contribution in [3.8, 4) is 0 Å². The van der Waals surface area contributed by atoms with Gasteiger partial charge >= 0.3 is 0 Å². The fourth-order valence-electron chi connectivity index (χ4n) is 0.851. The van der Waals surface area contributed by atoms with Gasteiger partial charge in [-0.05, 0) is 47.6 Å². The average Bonchev–Trinajstić information content (AvgIpc) is 2.08. The lowest BCUT2D eigenvalue weighted by molar-refractivity contribution is 0.438. The first-order chi connectivity index (χ1) is 5.46. The van der Waals surface area contributed by atoms with Crippen molar-refractivity contribution < 1.29 is 13.2 Å². The average molecular weight is 286 g/mol. The molecule has 0 amide bonds. The van der Waals surface area contributed by atoms with E-state index in [0.717, 1.165) is 0 Å². The highest BCUT2D eigenvalue weighted by atomic mass is 127. The van der Waals surface area contributed by atoms with Gasteiger partial charge < -0.3 is 0 Å². The Labute approximate surface area is 81.9 Å². The molecule has 0 radical (unpaired) electrons. The maximum atomic E-state index is 12.8. The van der Waals surface area contributed by atoms with Crippen molar-refractivity contribution in [2.45, 2.75) is 13.8 Å². The summed E-state index contributed by atoms with van der Waals surface area (Å²) < 4.78 is 38.4. The minimum Gasteiger partial charge on any atom is -0.203 e. The second-order valence-electron chi connectivity index (χ2n) is 2.51. The van der Waals surface area contributed by atoms with Crippen molar-refractivity contribution in [2.24, 2.45) is 0 Å². The molecule has 0 N–H and O–H groups in total. The van der Waals surface area contributed by atoms with Gasteiger partial charge in [0.2, 0.25) is 0 Å². The maximum Gasteiger partial charge on any atom is 0.195 e. The van der Waals surface area contributed by atoms with Crippen LogP contribution in [0.5, 0.6) is 0 Å². The zero-order valence-electron chi connectivity index (χ0n) is 6.51. The van der Waals surface area contributed by atoms with Crippen LogP contribution in [0, 0.1) is 34.9 Å². The van der Waals surface area contributed by atoms with E-state index in [2.05, 4.69) is 0 Å². The van der Waals surface area contributed by atoms with E-state index in [1.54, 1.807) is 29.5 Å². The van der Waals surface area contributed by atoms with Gasteiger partial charge in [0.25, 0.3) is 0 Å². The molecule has 0 saturated carbocycles. The predicted octanol–water partition coefficient (Wildman–Crippen LogP) is 3.33. The van der Waals surface area contributed by atoms with Crippen molar-refractivity contribution in [2.75, 3.05) is 0 Å². The molecule has 0 atom stereocenters. The van der Waals surface area contributed by atoms with Crippen molar-refractivity contribution in [3.63, 3.8) is 0 Å². The first-order valence-corrected chi connectivity index (χ1v) is 4.33. The van der Waals surface area contributed by atoms with Crippen molar-refractivity contribution >= 4 is 22.6 Å². The molecule has 4 heteroatoms. The molecule has 1 aromatic carbocycles. The molecule has 1 rings (SSSR count). The van der Waals surface area contributed by atoms with Gasteiger partial charge in [-0.2, -0.15) is 0 Å². The Morgan fingerprint density at radius 3 is 1.83 bits per heavy atom. The molecular weight excluding hydrogens is 280 g/mol. The summed E-state index contributed by atoms with van der Waals surface area (Å²) in [7, 11) is 0. The Bertz CT molecular complexity index is 229. The summed E-state index contributed by atoms with van der Waals surface area (Å²) in [5.41, 5.74) is 0.616. The molecule has 0 saturated heterocycles. The van der Waals surface area contributed by atoms with Crippen LogP contribution in [0.4, 0.5) is 13.2 Å². The lowest BCUT2D eigenvalue weighted by Gasteiger charge is -2.06. The fourth-order valence-corrected chi connectivity index (χ4v) is 1.49. The Morgan fingerprint density at radius 2 is 1.33 bits per heavy atom. The summed E-state index contributed by atoms with van der Waals surface area (Å²) in [5.74, 6) is -3.58. The number of hydrogen-bond acceptors (Lipinski definition) is 0. The van der Waals surface area contributed by atoms with Gasteiger partial charge in [0.1, 0.15) is 0 Å². The molecule has 0 spiro atoms. The molecule has 66 valence electrons. The predicted molar refractivity (Wildman–Crippen MR) is 48.5 cm³/mol. The summed E-state index contributed by atoms with van der Waals surface area (Å²) in [6, 6.07) is 0. The highest BCUT2D eigenvalue weighted by Crippen LogP contribution is 2.24. The van der Waals surface area contributed by atoms with Crippen LogP contribution < -0.4 is 0 Å². The minimum atomic E-state index is -1.39. The van der Waals surface area contributed by atoms with E-state index in [-0.39, 0.29) is 9.13 Å². The van der Waals surface area contributed by atoms with Gasteiger partial charge in [0.05, 0.1) is 3.57 Å². The van der Waals surface area contributed by atoms with Crippen molar-refractivity contribution in [1.29, 1.82) is 0 Å². The normalized spacial score (nSPS) is 10.5. The lowest BCUT2D eigenvalue weighted by Crippen LogP contribution is -2.01. The molecule has 0 unspecified atom stereocenters. The summed E-state index contributed by atoms with van der Waals surface area (Å²) in [4.78, 5) is 0. The van der Waals surface area contributed by atoms with Gasteiger partial charge in [0.15, 0.2) is 17.5 Å². The van der Waals surface area contributed by atoms with E-state index in [1.807, 2.05) is 0 Å². The highest BCUT2D eigenvalue weighted by Gasteiger charge is 2.18. The maximum absolute atomic E-state index is 12.8. The van der Waals surface area contributed by atoms with Gasteiger partial charge in [-0.1, -0.05) is 0 Å². The molecule has 0 aliphatic heterocycles. The molecule has 0 nitrogen and oxygen atoms in total. The van der Waals surface area contributed by atoms with Crippen LogP contribution in [-0.2, 0) is 0 Å². The third kappa shape index (κ3) is 1.32. The number of rotatable bonds is 0. The van der Waals surface area contributed by atoms with E-state index >= 15 is 0 Å². The Kier molecular flexibility index (Phi) is 2.65. The number of hydrogen-bond donors (Lipinski definition) is 0. The molecule has 0 aromatic heterocycles. The third-order valence-electron chi connectivity index (χ3n) is 1.80. The van der Waals surface area contributed by atoms with Crippen LogP contribution in [0.15, 0.2) is 0 Å². The van der Waals surface area contributed by atoms with Gasteiger partial charge in [0, 0.05) is 0 Å². The van der Waals surface area contributed by atoms with Gasteiger partial charge in [-0.15, -0.1) is 0 Å². The summed E-state index contributed by atoms with van der Waals surface area (Å²) in [6.45, 7) is 2.98. The second kappa shape index (κ2) is 3.24. The van der Waals surface area contributed by atoms with Crippen LogP contribution in [0.3, 0.4) is 0 Å². The molecule has 1 aromatic rings. The van der Waals surface area contributed by atoms with Crippen LogP contribution in [-0.4, -0.2) is 0 Å². The number of halogens is 4. The van der Waals surface area contributed by atoms with Crippen LogP contribution in [0.2, 0.25) is 0 Å². The fraction of sp³-hybridized carbons (Fsp3) is 0.250. The summed E-state index contributed by atoms with van der Waals surface area (Å²) >= 11 is 1.66. The molecule has 0 aliphatic carbocycles. The summed E-state index contributed by atoms with van der Waals surface area (Å²) in [6.07, 6.45) is 0. The van der Waals surface area contributed by atoms with E-state index < -0.39 is 17.5 Å². The zero-order valence-corrected chi connectivity index (χ0v) is 8.67. The highest BCUT2D eigenvalue weighted by molar-refractivity contribution is 14.1. The Morgan fingerprint density at radius 1 is 0.833 bits per heavy atom. The largest absolute Gasteiger partial charge is 0.203 e. The van der Waals surface area contributed by atoms with Gasteiger partial charge in [-0.25, -0.2) is 13.2 Å². The van der Waals surface area contributed by atoms with Crippen LogP contribution in [0.25, 0.3) is 0 Å². The topological polar surface area (TPSA) is 0 Å². The summed E-state index contributed by atoms with van der Waals surface area (Å²) in [5, 5.41) is 0. The molecule has 0 bridgehead atoms. The number of benzene rings is 1. The zero-order chi connectivity index (χ0) is 9.46. The third-order valence-corrected chi connectivity index (χ3v) is 3.08. The molecule has 12 heavy (non-hydrogen) atoms. The molecule has 0 fully saturated rings. The molecule has 0 heterocycles. The monoisotopic (exact) mass is 286 g/mol. The van der Waals surface area contributed by atoms with Crippen LogP contribution in [0.1, 0.15) is 11.1 Å². The van der Waals surface area contributed by atoms with E-state index in [1.165, 1.54) is 6.92 Å². The van der Waals surface area contributed by atoms with E-state index in [4.69, 9.17) is 0 Å². The Hall–Kier alpha value is -0.260. The Balaban J connectivity index is 3.60. The molecular formula is C8H6F3I. The van der Waals surface area contributed by atoms with Crippen LogP contribution >= 0.6 is 22.6 Å². The lowest BCUT2D eigenvalue weighted by atomic mass is 10.1. The van der Waals surface area contributed by atoms with Crippen molar-refractivity contribution in [3.05, 3.63) is 32.1 Å². The van der Waals surface area contributed by atoms with E-state index in [0.29, 0.717) is 5.56 Å². The standard InChI is InChI=1S/C8H6F3I/c1-3-4(2)8(12)7(11)6(10)5(3)9/h1-2H3. The van der Waals surface area contributed by atoms with Crippen molar-refractivity contribution in [1.82, 2.24) is 0 Å². The molecule has 0 aliphatic rings. The SMILES string of the molecule is Cc1c(C)c(I)c(F)c(F)c1F. The minimum absolute atomic E-state index is 0.143. The smallest absolute Gasteiger partial charge is 0.195 e. The first-order valence-electron chi connectivity index (χ1n) is 3.26. The van der Waals surface area contributed by atoms with Gasteiger partial charge in [-0.3, -0.25) is 0 Å². The second-order valence-corrected chi connectivity index (χ2v) is 3.58. The quantitative estimate of drug-likeness (QED) is 0.390.